The van der Waals surface area contributed by atoms with E-state index < -0.39 is 5.97 Å². The van der Waals surface area contributed by atoms with Gasteiger partial charge >= 0.3 is 5.97 Å². The van der Waals surface area contributed by atoms with Crippen LogP contribution in [-0.4, -0.2) is 27.4 Å². The third-order valence-corrected chi connectivity index (χ3v) is 3.98. The monoisotopic (exact) mass is 289 g/mol. The summed E-state index contributed by atoms with van der Waals surface area (Å²) in [4.78, 5) is 11.4. The van der Waals surface area contributed by atoms with E-state index in [2.05, 4.69) is 17.7 Å². The van der Waals surface area contributed by atoms with Gasteiger partial charge in [0.25, 0.3) is 0 Å². The van der Waals surface area contributed by atoms with Crippen LogP contribution in [0.2, 0.25) is 0 Å². The molecule has 0 atom stereocenters. The highest BCUT2D eigenvalue weighted by Crippen LogP contribution is 2.31. The number of hydrogen-bond acceptors (Lipinski definition) is 2. The number of aromatic nitrogens is 1. The zero-order valence-electron chi connectivity index (χ0n) is 12.9. The Labute approximate surface area is 125 Å². The summed E-state index contributed by atoms with van der Waals surface area (Å²) in [6, 6.07) is 1.76. The van der Waals surface area contributed by atoms with Crippen LogP contribution in [0.3, 0.4) is 0 Å². The topological polar surface area (TPSA) is 62.5 Å². The van der Waals surface area contributed by atoms with Crippen LogP contribution in [0.1, 0.15) is 46.8 Å². The third kappa shape index (κ3) is 2.81. The zero-order chi connectivity index (χ0) is 15.6. The van der Waals surface area contributed by atoms with Crippen LogP contribution in [0.5, 0.6) is 0 Å². The molecular formula is C17H23NO3. The molecule has 0 amide bonds. The van der Waals surface area contributed by atoms with E-state index >= 15 is 0 Å². The maximum absolute atomic E-state index is 11.4. The van der Waals surface area contributed by atoms with Crippen molar-refractivity contribution in [2.45, 2.75) is 46.6 Å². The molecule has 0 fully saturated rings. The van der Waals surface area contributed by atoms with Crippen molar-refractivity contribution in [1.29, 1.82) is 0 Å². The van der Waals surface area contributed by atoms with Gasteiger partial charge in [-0.2, -0.15) is 0 Å². The first-order valence-corrected chi connectivity index (χ1v) is 7.47. The van der Waals surface area contributed by atoms with E-state index in [1.807, 2.05) is 13.8 Å². The number of rotatable bonds is 6. The third-order valence-electron chi connectivity index (χ3n) is 3.98. The van der Waals surface area contributed by atoms with Crippen LogP contribution < -0.4 is 0 Å². The van der Waals surface area contributed by atoms with Crippen LogP contribution in [0.15, 0.2) is 12.3 Å². The van der Waals surface area contributed by atoms with Crippen molar-refractivity contribution in [1.82, 2.24) is 4.57 Å². The lowest BCUT2D eigenvalue weighted by Crippen LogP contribution is -2.04. The number of nitrogens with zero attached hydrogens (tertiary/aromatic N) is 1. The lowest BCUT2D eigenvalue weighted by Gasteiger charge is -2.10. The van der Waals surface area contributed by atoms with E-state index in [9.17, 15) is 9.90 Å². The van der Waals surface area contributed by atoms with Crippen molar-refractivity contribution in [3.05, 3.63) is 34.5 Å². The summed E-state index contributed by atoms with van der Waals surface area (Å²) < 4.78 is 2.16. The van der Waals surface area contributed by atoms with E-state index in [-0.39, 0.29) is 6.61 Å². The Morgan fingerprint density at radius 3 is 2.62 bits per heavy atom. The molecule has 0 aliphatic heterocycles. The first-order chi connectivity index (χ1) is 10.0. The quantitative estimate of drug-likeness (QED) is 0.857. The van der Waals surface area contributed by atoms with Crippen molar-refractivity contribution < 1.29 is 15.0 Å². The SMILES string of the molecule is CCCc1cn(CCCO)c2c(C)cc(C(=O)O)c(C)c12. The van der Waals surface area contributed by atoms with Gasteiger partial charge in [-0.1, -0.05) is 13.3 Å². The molecule has 0 saturated carbocycles. The molecule has 1 heterocycles. The van der Waals surface area contributed by atoms with Crippen molar-refractivity contribution in [3.63, 3.8) is 0 Å². The summed E-state index contributed by atoms with van der Waals surface area (Å²) in [5, 5.41) is 19.5. The van der Waals surface area contributed by atoms with Gasteiger partial charge in [-0.15, -0.1) is 0 Å². The number of fused-ring (bicyclic) bond motifs is 1. The molecule has 0 spiro atoms. The maximum atomic E-state index is 11.4. The van der Waals surface area contributed by atoms with Gasteiger partial charge in [-0.25, -0.2) is 4.79 Å². The Morgan fingerprint density at radius 1 is 1.33 bits per heavy atom. The molecule has 4 heteroatoms. The normalized spacial score (nSPS) is 11.2. The van der Waals surface area contributed by atoms with Gasteiger partial charge in [0.1, 0.15) is 0 Å². The van der Waals surface area contributed by atoms with E-state index in [4.69, 9.17) is 5.11 Å². The molecule has 2 rings (SSSR count). The number of carboxylic acid groups (broad SMARTS) is 1. The minimum absolute atomic E-state index is 0.161. The van der Waals surface area contributed by atoms with Gasteiger partial charge in [0.15, 0.2) is 0 Å². The van der Waals surface area contributed by atoms with Crippen molar-refractivity contribution in [2.24, 2.45) is 0 Å². The molecule has 0 saturated heterocycles. The molecule has 2 aromatic rings. The number of carbonyl (C=O) groups is 1. The van der Waals surface area contributed by atoms with E-state index in [0.29, 0.717) is 12.0 Å². The fourth-order valence-corrected chi connectivity index (χ4v) is 3.08. The number of hydrogen-bond donors (Lipinski definition) is 2. The molecule has 0 bridgehead atoms. The molecule has 0 aliphatic carbocycles. The Morgan fingerprint density at radius 2 is 2.05 bits per heavy atom. The minimum Gasteiger partial charge on any atom is -0.478 e. The van der Waals surface area contributed by atoms with Gasteiger partial charge in [-0.3, -0.25) is 0 Å². The van der Waals surface area contributed by atoms with E-state index in [1.54, 1.807) is 6.07 Å². The molecule has 4 nitrogen and oxygen atoms in total. The molecule has 0 radical (unpaired) electrons. The Kier molecular flexibility index (Phi) is 4.68. The molecule has 21 heavy (non-hydrogen) atoms. The first kappa shape index (κ1) is 15.6. The van der Waals surface area contributed by atoms with Crippen LogP contribution in [0.25, 0.3) is 10.9 Å². The van der Waals surface area contributed by atoms with E-state index in [0.717, 1.165) is 41.4 Å². The summed E-state index contributed by atoms with van der Waals surface area (Å²) >= 11 is 0. The number of benzene rings is 1. The Balaban J connectivity index is 2.74. The highest BCUT2D eigenvalue weighted by molar-refractivity contribution is 5.99. The fraction of sp³-hybridized carbons (Fsp3) is 0.471. The average molecular weight is 289 g/mol. The van der Waals surface area contributed by atoms with Crippen LogP contribution in [0, 0.1) is 13.8 Å². The van der Waals surface area contributed by atoms with Crippen LogP contribution in [0.4, 0.5) is 0 Å². The zero-order valence-corrected chi connectivity index (χ0v) is 12.9. The Bertz CT molecular complexity index is 670. The standard InChI is InChI=1S/C17H23NO3/c1-4-6-13-10-18(7-5-8-19)16-11(2)9-14(17(20)21)12(3)15(13)16/h9-10,19H,4-8H2,1-3H3,(H,20,21). The summed E-state index contributed by atoms with van der Waals surface area (Å²) in [6.07, 6.45) is 4.78. The molecule has 0 unspecified atom stereocenters. The molecule has 2 N–H and O–H groups in total. The summed E-state index contributed by atoms with van der Waals surface area (Å²) in [6.45, 7) is 6.89. The van der Waals surface area contributed by atoms with Crippen molar-refractivity contribution in [3.8, 4) is 0 Å². The Hall–Kier alpha value is -1.81. The van der Waals surface area contributed by atoms with Gasteiger partial charge < -0.3 is 14.8 Å². The first-order valence-electron chi connectivity index (χ1n) is 7.47. The number of aliphatic hydroxyl groups excluding tert-OH is 1. The molecule has 0 aliphatic rings. The highest BCUT2D eigenvalue weighted by Gasteiger charge is 2.18. The van der Waals surface area contributed by atoms with Crippen molar-refractivity contribution in [2.75, 3.05) is 6.61 Å². The number of carboxylic acids is 1. The number of aryl methyl sites for hydroxylation is 4. The number of aliphatic hydroxyl groups is 1. The predicted molar refractivity (Wildman–Crippen MR) is 84.1 cm³/mol. The molecule has 1 aromatic heterocycles. The number of aromatic carboxylic acids is 1. The summed E-state index contributed by atoms with van der Waals surface area (Å²) in [7, 11) is 0. The van der Waals surface area contributed by atoms with Gasteiger partial charge in [0, 0.05) is 24.7 Å². The maximum Gasteiger partial charge on any atom is 0.335 e. The van der Waals surface area contributed by atoms with Gasteiger partial charge in [0.2, 0.25) is 0 Å². The summed E-state index contributed by atoms with van der Waals surface area (Å²) in [5.41, 5.74) is 4.52. The molecular weight excluding hydrogens is 266 g/mol. The second-order valence-corrected chi connectivity index (χ2v) is 5.57. The lowest BCUT2D eigenvalue weighted by molar-refractivity contribution is 0.0696. The lowest BCUT2D eigenvalue weighted by atomic mass is 9.97. The highest BCUT2D eigenvalue weighted by atomic mass is 16.4. The predicted octanol–water partition coefficient (Wildman–Crippen LogP) is 3.29. The second-order valence-electron chi connectivity index (χ2n) is 5.57. The average Bonchev–Trinajstić information content (AvgIpc) is 2.80. The van der Waals surface area contributed by atoms with Gasteiger partial charge in [0.05, 0.1) is 11.1 Å². The summed E-state index contributed by atoms with van der Waals surface area (Å²) in [5.74, 6) is -0.872. The van der Waals surface area contributed by atoms with Gasteiger partial charge in [-0.05, 0) is 49.4 Å². The molecule has 1 aromatic carbocycles. The minimum atomic E-state index is -0.872. The van der Waals surface area contributed by atoms with E-state index in [1.165, 1.54) is 5.56 Å². The van der Waals surface area contributed by atoms with Crippen LogP contribution in [-0.2, 0) is 13.0 Å². The van der Waals surface area contributed by atoms with Crippen LogP contribution >= 0.6 is 0 Å². The van der Waals surface area contributed by atoms with Crippen molar-refractivity contribution >= 4 is 16.9 Å². The largest absolute Gasteiger partial charge is 0.478 e. The fourth-order valence-electron chi connectivity index (χ4n) is 3.08. The smallest absolute Gasteiger partial charge is 0.335 e. The second kappa shape index (κ2) is 6.31. The molecule has 114 valence electrons.